The SMILES string of the molecule is CC1(C)c2ccc(-c3ccc4cccc(O)c4n3)[c-]c2N(c2ccccn2)c2cc(-c3ccccc3)ccc21.[Pt]. The molecule has 0 saturated heterocycles. The van der Waals surface area contributed by atoms with Gasteiger partial charge in [0.05, 0.1) is 0 Å². The van der Waals surface area contributed by atoms with E-state index in [1.807, 2.05) is 54.7 Å². The zero-order chi connectivity index (χ0) is 26.6. The minimum atomic E-state index is -0.255. The first kappa shape index (κ1) is 26.0. The predicted molar refractivity (Wildman–Crippen MR) is 158 cm³/mol. The molecule has 3 heterocycles. The summed E-state index contributed by atoms with van der Waals surface area (Å²) in [6, 6.07) is 40.6. The summed E-state index contributed by atoms with van der Waals surface area (Å²) < 4.78 is 0. The van der Waals surface area contributed by atoms with Crippen molar-refractivity contribution in [3.8, 4) is 28.1 Å². The normalized spacial score (nSPS) is 13.3. The van der Waals surface area contributed by atoms with Crippen LogP contribution in [0.5, 0.6) is 5.75 Å². The predicted octanol–water partition coefficient (Wildman–Crippen LogP) is 8.58. The molecule has 0 aliphatic carbocycles. The molecule has 0 fully saturated rings. The van der Waals surface area contributed by atoms with Gasteiger partial charge in [0.1, 0.15) is 17.1 Å². The number of pyridine rings is 2. The van der Waals surface area contributed by atoms with Crippen molar-refractivity contribution in [3.63, 3.8) is 0 Å². The number of phenolic OH excluding ortho intramolecular Hbond substituents is 1. The summed E-state index contributed by atoms with van der Waals surface area (Å²) in [4.78, 5) is 11.8. The maximum atomic E-state index is 10.4. The summed E-state index contributed by atoms with van der Waals surface area (Å²) in [5.74, 6) is 1.00. The third-order valence-corrected chi connectivity index (χ3v) is 7.69. The summed E-state index contributed by atoms with van der Waals surface area (Å²) in [6.45, 7) is 4.53. The third-order valence-electron chi connectivity index (χ3n) is 7.69. The number of aromatic hydroxyl groups is 1. The van der Waals surface area contributed by atoms with Gasteiger partial charge in [0.15, 0.2) is 0 Å². The molecule has 4 nitrogen and oxygen atoms in total. The minimum Gasteiger partial charge on any atom is -0.506 e. The fraction of sp³-hybridized carbons (Fsp3) is 0.0857. The van der Waals surface area contributed by atoms with Crippen LogP contribution in [0.4, 0.5) is 17.2 Å². The van der Waals surface area contributed by atoms with E-state index < -0.39 is 0 Å². The van der Waals surface area contributed by atoms with Gasteiger partial charge in [-0.3, -0.25) is 4.98 Å². The smallest absolute Gasteiger partial charge is 0.140 e. The standard InChI is InChI=1S/C35H26N3O.Pt/c1-35(2)27-17-14-25(23-9-4-3-5-10-23)21-30(27)38(33-13-6-7-20-36-33)31-22-26(15-18-28(31)35)29-19-16-24-11-8-12-32(39)34(24)37-29;/h3-21,39H,1-2H3;/q-1;. The second-order valence-corrected chi connectivity index (χ2v) is 10.4. The molecule has 1 aliphatic rings. The molecule has 5 heteroatoms. The Morgan fingerprint density at radius 3 is 2.35 bits per heavy atom. The van der Waals surface area contributed by atoms with Crippen LogP contribution >= 0.6 is 0 Å². The molecule has 4 aromatic carbocycles. The van der Waals surface area contributed by atoms with Crippen molar-refractivity contribution >= 4 is 28.1 Å². The van der Waals surface area contributed by atoms with Gasteiger partial charge in [-0.2, -0.15) is 0 Å². The Hall–Kier alpha value is -4.27. The van der Waals surface area contributed by atoms with E-state index in [0.29, 0.717) is 5.52 Å². The maximum absolute atomic E-state index is 10.4. The topological polar surface area (TPSA) is 49.3 Å². The van der Waals surface area contributed by atoms with E-state index in [2.05, 4.69) is 79.4 Å². The van der Waals surface area contributed by atoms with Crippen molar-refractivity contribution in [2.24, 2.45) is 0 Å². The molecule has 6 aromatic rings. The quantitative estimate of drug-likeness (QED) is 0.188. The van der Waals surface area contributed by atoms with Crippen LogP contribution in [-0.2, 0) is 26.5 Å². The van der Waals surface area contributed by atoms with Crippen molar-refractivity contribution in [1.29, 1.82) is 0 Å². The average Bonchev–Trinajstić information content (AvgIpc) is 2.98. The van der Waals surface area contributed by atoms with Crippen molar-refractivity contribution in [3.05, 3.63) is 133 Å². The molecule has 0 radical (unpaired) electrons. The van der Waals surface area contributed by atoms with Gasteiger partial charge in [-0.1, -0.05) is 92.2 Å². The number of rotatable bonds is 3. The van der Waals surface area contributed by atoms with Gasteiger partial charge < -0.3 is 10.0 Å². The summed E-state index contributed by atoms with van der Waals surface area (Å²) >= 11 is 0. The number of hydrogen-bond donors (Lipinski definition) is 1. The molecule has 7 rings (SSSR count). The molecule has 1 aliphatic heterocycles. The summed E-state index contributed by atoms with van der Waals surface area (Å²) in [6.07, 6.45) is 1.83. The summed E-state index contributed by atoms with van der Waals surface area (Å²) in [5.41, 5.74) is 8.71. The fourth-order valence-corrected chi connectivity index (χ4v) is 5.64. The van der Waals surface area contributed by atoms with Crippen LogP contribution in [0.2, 0.25) is 0 Å². The van der Waals surface area contributed by atoms with Gasteiger partial charge in [-0.15, -0.1) is 23.8 Å². The van der Waals surface area contributed by atoms with Crippen molar-refractivity contribution < 1.29 is 26.2 Å². The Kier molecular flexibility index (Phi) is 6.52. The zero-order valence-corrected chi connectivity index (χ0v) is 24.3. The van der Waals surface area contributed by atoms with Crippen molar-refractivity contribution in [2.75, 3.05) is 4.90 Å². The second kappa shape index (κ2) is 10.0. The first-order valence-electron chi connectivity index (χ1n) is 13.1. The molecule has 1 N–H and O–H groups in total. The molecular weight excluding hydrogens is 673 g/mol. The molecule has 0 saturated carbocycles. The molecule has 0 bridgehead atoms. The van der Waals surface area contributed by atoms with E-state index in [4.69, 9.17) is 9.97 Å². The Labute approximate surface area is 248 Å². The molecule has 0 atom stereocenters. The zero-order valence-electron chi connectivity index (χ0n) is 22.1. The first-order chi connectivity index (χ1) is 19.0. The van der Waals surface area contributed by atoms with Gasteiger partial charge in [-0.05, 0) is 57.8 Å². The number of nitrogens with zero attached hydrogens (tertiary/aromatic N) is 3. The van der Waals surface area contributed by atoms with Crippen LogP contribution in [0.3, 0.4) is 0 Å². The van der Waals surface area contributed by atoms with Crippen LogP contribution in [-0.4, -0.2) is 15.1 Å². The Morgan fingerprint density at radius 1 is 0.750 bits per heavy atom. The Balaban J connectivity index is 0.00000289. The van der Waals surface area contributed by atoms with Gasteiger partial charge in [0, 0.05) is 38.3 Å². The number of phenols is 1. The van der Waals surface area contributed by atoms with Gasteiger partial charge >= 0.3 is 0 Å². The minimum absolute atomic E-state index is 0. The van der Waals surface area contributed by atoms with Crippen molar-refractivity contribution in [1.82, 2.24) is 9.97 Å². The fourth-order valence-electron chi connectivity index (χ4n) is 5.64. The number of fused-ring (bicyclic) bond motifs is 3. The van der Waals surface area contributed by atoms with Crippen LogP contribution < -0.4 is 4.90 Å². The molecule has 0 unspecified atom stereocenters. The molecule has 2 aromatic heterocycles. The number of hydrogen-bond acceptors (Lipinski definition) is 4. The third kappa shape index (κ3) is 4.20. The molecule has 40 heavy (non-hydrogen) atoms. The monoisotopic (exact) mass is 699 g/mol. The summed E-state index contributed by atoms with van der Waals surface area (Å²) in [7, 11) is 0. The van der Waals surface area contributed by atoms with E-state index in [-0.39, 0.29) is 32.2 Å². The number of para-hydroxylation sites is 1. The maximum Gasteiger partial charge on any atom is 0.140 e. The molecule has 198 valence electrons. The van der Waals surface area contributed by atoms with Crippen LogP contribution in [0.1, 0.15) is 25.0 Å². The second-order valence-electron chi connectivity index (χ2n) is 10.4. The Bertz CT molecular complexity index is 1850. The van der Waals surface area contributed by atoms with Gasteiger partial charge in [-0.25, -0.2) is 4.98 Å². The van der Waals surface area contributed by atoms with Gasteiger partial charge in [0.2, 0.25) is 0 Å². The average molecular weight is 700 g/mol. The van der Waals surface area contributed by atoms with Gasteiger partial charge in [0.25, 0.3) is 0 Å². The number of aromatic nitrogens is 2. The van der Waals surface area contributed by atoms with Crippen LogP contribution in [0.15, 0.2) is 115 Å². The molecular formula is C35H26N3OPt-. The van der Waals surface area contributed by atoms with Crippen LogP contribution in [0.25, 0.3) is 33.3 Å². The first-order valence-corrected chi connectivity index (χ1v) is 13.1. The number of anilines is 3. The summed E-state index contributed by atoms with van der Waals surface area (Å²) in [5, 5.41) is 11.3. The Morgan fingerprint density at radius 2 is 1.55 bits per heavy atom. The van der Waals surface area contributed by atoms with E-state index in [1.165, 1.54) is 16.7 Å². The molecule has 0 amide bonds. The van der Waals surface area contributed by atoms with E-state index in [9.17, 15) is 5.11 Å². The molecule has 0 spiro atoms. The van der Waals surface area contributed by atoms with E-state index in [0.717, 1.165) is 39.4 Å². The number of benzene rings is 4. The van der Waals surface area contributed by atoms with E-state index in [1.54, 1.807) is 6.07 Å². The largest absolute Gasteiger partial charge is 0.506 e. The van der Waals surface area contributed by atoms with Crippen LogP contribution in [0, 0.1) is 6.07 Å². The van der Waals surface area contributed by atoms with Crippen molar-refractivity contribution in [2.45, 2.75) is 19.3 Å². The van der Waals surface area contributed by atoms with E-state index >= 15 is 0 Å².